The van der Waals surface area contributed by atoms with Gasteiger partial charge in [-0.05, 0) is 37.8 Å². The summed E-state index contributed by atoms with van der Waals surface area (Å²) in [6.07, 6.45) is 3.29. The lowest BCUT2D eigenvalue weighted by Gasteiger charge is -2.15. The quantitative estimate of drug-likeness (QED) is 0.495. The molecule has 0 saturated heterocycles. The van der Waals surface area contributed by atoms with Crippen LogP contribution in [0.2, 0.25) is 0 Å². The molecule has 1 aromatic heterocycles. The van der Waals surface area contributed by atoms with Crippen molar-refractivity contribution >= 4 is 28.6 Å². The summed E-state index contributed by atoms with van der Waals surface area (Å²) in [4.78, 5) is 31.2. The van der Waals surface area contributed by atoms with E-state index in [0.717, 1.165) is 13.0 Å². The number of nitrogens with zero attached hydrogens (tertiary/aromatic N) is 2. The smallest absolute Gasteiger partial charge is 0.262 e. The number of nitrogens with one attached hydrogen (secondary N) is 2. The number of para-hydroxylation sites is 1. The van der Waals surface area contributed by atoms with Gasteiger partial charge in [0.05, 0.1) is 37.3 Å². The molecule has 1 atom stereocenters. The molecule has 1 aliphatic carbocycles. The van der Waals surface area contributed by atoms with Gasteiger partial charge in [-0.25, -0.2) is 4.98 Å². The van der Waals surface area contributed by atoms with Crippen molar-refractivity contribution in [1.29, 1.82) is 0 Å². The van der Waals surface area contributed by atoms with E-state index in [1.54, 1.807) is 4.57 Å². The summed E-state index contributed by atoms with van der Waals surface area (Å²) in [5.41, 5.74) is 0.662. The first-order valence-electron chi connectivity index (χ1n) is 9.66. The molecule has 1 amide bonds. The molecule has 0 radical (unpaired) electrons. The highest BCUT2D eigenvalue weighted by Gasteiger charge is 2.28. The third-order valence-corrected chi connectivity index (χ3v) is 5.91. The molecule has 3 rings (SSSR count). The molecule has 1 heterocycles. The highest BCUT2D eigenvalue weighted by Crippen LogP contribution is 2.32. The number of thioether (sulfide) groups is 1. The molecule has 2 N–H and O–H groups in total. The van der Waals surface area contributed by atoms with Gasteiger partial charge in [-0.1, -0.05) is 23.9 Å². The Hall–Kier alpha value is -1.86. The highest BCUT2D eigenvalue weighted by molar-refractivity contribution is 7.99. The number of aromatic nitrogens is 2. The van der Waals surface area contributed by atoms with E-state index in [-0.39, 0.29) is 23.3 Å². The monoisotopic (exact) mass is 389 g/mol. The molecule has 2 aromatic rings. The van der Waals surface area contributed by atoms with Crippen molar-refractivity contribution in [3.63, 3.8) is 0 Å². The van der Waals surface area contributed by atoms with Gasteiger partial charge in [0, 0.05) is 19.0 Å². The average Bonchev–Trinajstić information content (AvgIpc) is 3.47. The molecule has 1 aromatic carbocycles. The van der Waals surface area contributed by atoms with E-state index >= 15 is 0 Å². The summed E-state index contributed by atoms with van der Waals surface area (Å²) in [5, 5.41) is 4.32. The Bertz CT molecular complexity index is 861. The molecule has 1 saturated carbocycles. The zero-order valence-corrected chi connectivity index (χ0v) is 17.1. The van der Waals surface area contributed by atoms with Crippen LogP contribution in [0.3, 0.4) is 0 Å². The van der Waals surface area contributed by atoms with Crippen LogP contribution < -0.4 is 15.8 Å². The number of hydrogen-bond acceptors (Lipinski definition) is 4. The van der Waals surface area contributed by atoms with Crippen LogP contribution in [0.4, 0.5) is 0 Å². The number of carbonyl (C=O) groups is 1. The largest absolute Gasteiger partial charge is 0.353 e. The maximum Gasteiger partial charge on any atom is 0.262 e. The molecule has 1 fully saturated rings. The normalized spacial score (nSPS) is 15.3. The lowest BCUT2D eigenvalue weighted by molar-refractivity contribution is -0.858. The van der Waals surface area contributed by atoms with Crippen molar-refractivity contribution in [2.24, 2.45) is 5.92 Å². The maximum atomic E-state index is 12.9. The standard InChI is InChI=1S/C20H28N4O2S/c1-14(15-9-10-15)21-18(25)13-27-20-22-17-8-5-4-7-16(17)19(26)24(20)12-6-11-23(2)3/h4-5,7-8,14-15H,6,9-13H2,1-3H3,(H,21,25)/p+1/t14-/m1/s1. The fraction of sp³-hybridized carbons (Fsp3) is 0.550. The molecule has 146 valence electrons. The fourth-order valence-corrected chi connectivity index (χ4v) is 4.02. The Morgan fingerprint density at radius 2 is 2.11 bits per heavy atom. The van der Waals surface area contributed by atoms with Crippen LogP contribution in [0.5, 0.6) is 0 Å². The number of benzene rings is 1. The molecular weight excluding hydrogens is 360 g/mol. The predicted octanol–water partition coefficient (Wildman–Crippen LogP) is 0.938. The van der Waals surface area contributed by atoms with Gasteiger partial charge in [0.25, 0.3) is 5.56 Å². The zero-order valence-electron chi connectivity index (χ0n) is 16.3. The van der Waals surface area contributed by atoms with Crippen molar-refractivity contribution in [3.05, 3.63) is 34.6 Å². The molecule has 0 unspecified atom stereocenters. The van der Waals surface area contributed by atoms with Crippen molar-refractivity contribution in [3.8, 4) is 0 Å². The van der Waals surface area contributed by atoms with Gasteiger partial charge in [0.15, 0.2) is 5.16 Å². The maximum absolute atomic E-state index is 12.9. The molecule has 1 aliphatic rings. The van der Waals surface area contributed by atoms with Gasteiger partial charge in [0.2, 0.25) is 5.91 Å². The third-order valence-electron chi connectivity index (χ3n) is 4.94. The number of carbonyl (C=O) groups excluding carboxylic acids is 1. The first kappa shape index (κ1) is 19.9. The van der Waals surface area contributed by atoms with E-state index < -0.39 is 0 Å². The van der Waals surface area contributed by atoms with E-state index in [9.17, 15) is 9.59 Å². The summed E-state index contributed by atoms with van der Waals surface area (Å²) in [5.74, 6) is 0.913. The number of rotatable bonds is 9. The van der Waals surface area contributed by atoms with Crippen LogP contribution in [-0.4, -0.2) is 47.9 Å². The third kappa shape index (κ3) is 5.32. The second-order valence-corrected chi connectivity index (χ2v) is 8.60. The van der Waals surface area contributed by atoms with Gasteiger partial charge in [-0.15, -0.1) is 0 Å². The second-order valence-electron chi connectivity index (χ2n) is 7.66. The Labute approximate surface area is 164 Å². The van der Waals surface area contributed by atoms with Crippen molar-refractivity contribution in [1.82, 2.24) is 14.9 Å². The minimum absolute atomic E-state index is 0.00564. The van der Waals surface area contributed by atoms with Gasteiger partial charge in [0.1, 0.15) is 0 Å². The van der Waals surface area contributed by atoms with Crippen molar-refractivity contribution in [2.45, 2.75) is 43.9 Å². The molecule has 27 heavy (non-hydrogen) atoms. The number of fused-ring (bicyclic) bond motifs is 1. The Morgan fingerprint density at radius 3 is 2.81 bits per heavy atom. The lowest BCUT2D eigenvalue weighted by atomic mass is 10.2. The van der Waals surface area contributed by atoms with Crippen LogP contribution in [0.25, 0.3) is 10.9 Å². The van der Waals surface area contributed by atoms with E-state index in [1.807, 2.05) is 24.3 Å². The Morgan fingerprint density at radius 1 is 1.37 bits per heavy atom. The molecular formula is C20H29N4O2S+. The molecule has 0 aliphatic heterocycles. The summed E-state index contributed by atoms with van der Waals surface area (Å²) < 4.78 is 1.73. The second kappa shape index (κ2) is 8.89. The first-order valence-corrected chi connectivity index (χ1v) is 10.6. The van der Waals surface area contributed by atoms with Gasteiger partial charge in [-0.2, -0.15) is 0 Å². The highest BCUT2D eigenvalue weighted by atomic mass is 32.2. The SMILES string of the molecule is C[C@@H](NC(=O)CSc1nc2ccccc2c(=O)n1CCC[NH+](C)C)C1CC1. The van der Waals surface area contributed by atoms with Crippen LogP contribution in [0.1, 0.15) is 26.2 Å². The molecule has 0 bridgehead atoms. The Kier molecular flexibility index (Phi) is 6.55. The van der Waals surface area contributed by atoms with Crippen molar-refractivity contribution in [2.75, 3.05) is 26.4 Å². The Balaban J connectivity index is 1.76. The van der Waals surface area contributed by atoms with Gasteiger partial charge >= 0.3 is 0 Å². The van der Waals surface area contributed by atoms with E-state index in [0.29, 0.717) is 28.5 Å². The number of amides is 1. The molecule has 6 nitrogen and oxygen atoms in total. The van der Waals surface area contributed by atoms with Crippen LogP contribution in [0.15, 0.2) is 34.2 Å². The van der Waals surface area contributed by atoms with E-state index in [2.05, 4.69) is 31.3 Å². The molecule has 7 heteroatoms. The number of quaternary nitrogens is 1. The van der Waals surface area contributed by atoms with Crippen LogP contribution in [-0.2, 0) is 11.3 Å². The topological polar surface area (TPSA) is 68.4 Å². The number of hydrogen-bond donors (Lipinski definition) is 2. The van der Waals surface area contributed by atoms with E-state index in [1.165, 1.54) is 29.5 Å². The lowest BCUT2D eigenvalue weighted by Crippen LogP contribution is -3.05. The minimum Gasteiger partial charge on any atom is -0.353 e. The van der Waals surface area contributed by atoms with Crippen LogP contribution in [0, 0.1) is 5.92 Å². The van der Waals surface area contributed by atoms with Gasteiger partial charge < -0.3 is 10.2 Å². The predicted molar refractivity (Wildman–Crippen MR) is 109 cm³/mol. The minimum atomic E-state index is -0.0244. The fourth-order valence-electron chi connectivity index (χ4n) is 3.19. The summed E-state index contributed by atoms with van der Waals surface area (Å²) in [6, 6.07) is 7.64. The van der Waals surface area contributed by atoms with Crippen molar-refractivity contribution < 1.29 is 9.69 Å². The summed E-state index contributed by atoms with van der Waals surface area (Å²) in [6.45, 7) is 3.65. The van der Waals surface area contributed by atoms with E-state index in [4.69, 9.17) is 0 Å². The first-order chi connectivity index (χ1) is 13.0. The summed E-state index contributed by atoms with van der Waals surface area (Å²) >= 11 is 1.35. The summed E-state index contributed by atoms with van der Waals surface area (Å²) in [7, 11) is 4.20. The van der Waals surface area contributed by atoms with Crippen LogP contribution >= 0.6 is 11.8 Å². The zero-order chi connectivity index (χ0) is 19.4. The average molecular weight is 390 g/mol. The van der Waals surface area contributed by atoms with Gasteiger partial charge in [-0.3, -0.25) is 14.2 Å². The molecule has 0 spiro atoms.